The molecule has 0 saturated heterocycles. The van der Waals surface area contributed by atoms with Crippen LogP contribution in [0.4, 0.5) is 4.39 Å². The van der Waals surface area contributed by atoms with Crippen molar-refractivity contribution in [1.29, 1.82) is 0 Å². The van der Waals surface area contributed by atoms with Crippen molar-refractivity contribution in [3.63, 3.8) is 0 Å². The van der Waals surface area contributed by atoms with Crippen molar-refractivity contribution >= 4 is 31.0 Å². The fourth-order valence-electron chi connectivity index (χ4n) is 1.18. The summed E-state index contributed by atoms with van der Waals surface area (Å²) >= 11 is 5.89. The summed E-state index contributed by atoms with van der Waals surface area (Å²) in [6.45, 7) is 0. The molecule has 0 saturated carbocycles. The second kappa shape index (κ2) is 5.89. The van der Waals surface area contributed by atoms with Crippen molar-refractivity contribution in [2.75, 3.05) is 0 Å². The summed E-state index contributed by atoms with van der Waals surface area (Å²) < 4.78 is 13.8. The number of hydrogen-bond donors (Lipinski definition) is 0. The number of halogens is 2. The molecule has 2 aromatic carbocycles. The van der Waals surface area contributed by atoms with Gasteiger partial charge in [0.15, 0.2) is 0 Å². The summed E-state index contributed by atoms with van der Waals surface area (Å²) in [5.41, 5.74) is 0.835. The molecular formula is C14H8ClFSe. The van der Waals surface area contributed by atoms with Gasteiger partial charge in [0.05, 0.1) is 0 Å². The minimum absolute atomic E-state index is 0.0962. The Kier molecular flexibility index (Phi) is 4.23. The van der Waals surface area contributed by atoms with Crippen molar-refractivity contribution in [2.45, 2.75) is 0 Å². The average Bonchev–Trinajstić information content (AvgIpc) is 2.34. The molecule has 0 aromatic heterocycles. The molecule has 0 spiro atoms. The van der Waals surface area contributed by atoms with Crippen molar-refractivity contribution in [1.82, 2.24) is 0 Å². The monoisotopic (exact) mass is 310 g/mol. The van der Waals surface area contributed by atoms with Crippen LogP contribution < -0.4 is 4.46 Å². The van der Waals surface area contributed by atoms with E-state index in [1.54, 1.807) is 12.1 Å². The Labute approximate surface area is 111 Å². The quantitative estimate of drug-likeness (QED) is 0.561. The first-order valence-corrected chi connectivity index (χ1v) is 7.02. The van der Waals surface area contributed by atoms with Crippen LogP contribution in [0.2, 0.25) is 5.02 Å². The number of rotatable bonds is 1. The Hall–Kier alpha value is -1.26. The molecule has 2 rings (SSSR count). The Bertz CT molecular complexity index is 550. The van der Waals surface area contributed by atoms with Gasteiger partial charge in [-0.2, -0.15) is 0 Å². The van der Waals surface area contributed by atoms with E-state index >= 15 is 0 Å². The second-order valence-corrected chi connectivity index (χ2v) is 5.57. The van der Waals surface area contributed by atoms with Gasteiger partial charge in [-0.1, -0.05) is 0 Å². The first-order valence-electron chi connectivity index (χ1n) is 4.93. The molecule has 0 aliphatic carbocycles. The predicted octanol–water partition coefficient (Wildman–Crippen LogP) is 2.82. The summed E-state index contributed by atoms with van der Waals surface area (Å²) in [5, 5.41) is 0.732. The van der Waals surface area contributed by atoms with Gasteiger partial charge < -0.3 is 0 Å². The van der Waals surface area contributed by atoms with E-state index in [2.05, 4.69) is 10.7 Å². The standard InChI is InChI=1S/C14H8ClFSe/c15-12-3-7-14(8-4-12)17-10-9-11-1-5-13(16)6-2-11/h1-8H. The van der Waals surface area contributed by atoms with Crippen LogP contribution in [0.15, 0.2) is 48.5 Å². The fraction of sp³-hybridized carbons (Fsp3) is 0. The SMILES string of the molecule is Fc1ccc(C#C[Se]c2ccc(Cl)cc2)cc1. The van der Waals surface area contributed by atoms with Gasteiger partial charge in [0.25, 0.3) is 0 Å². The maximum atomic E-state index is 12.7. The third-order valence-electron chi connectivity index (χ3n) is 2.02. The summed E-state index contributed by atoms with van der Waals surface area (Å²) in [6.07, 6.45) is 0. The van der Waals surface area contributed by atoms with Gasteiger partial charge in [-0.05, 0) is 0 Å². The van der Waals surface area contributed by atoms with Crippen molar-refractivity contribution < 1.29 is 4.39 Å². The van der Waals surface area contributed by atoms with E-state index in [1.165, 1.54) is 16.6 Å². The van der Waals surface area contributed by atoms with E-state index in [4.69, 9.17) is 11.6 Å². The van der Waals surface area contributed by atoms with Gasteiger partial charge in [-0.15, -0.1) is 0 Å². The summed E-state index contributed by atoms with van der Waals surface area (Å²) in [6, 6.07) is 13.9. The molecule has 0 fully saturated rings. The van der Waals surface area contributed by atoms with Gasteiger partial charge in [0.1, 0.15) is 0 Å². The fourth-order valence-corrected chi connectivity index (χ4v) is 2.48. The number of hydrogen-bond acceptors (Lipinski definition) is 0. The average molecular weight is 310 g/mol. The van der Waals surface area contributed by atoms with E-state index in [0.717, 1.165) is 10.6 Å². The zero-order chi connectivity index (χ0) is 12.1. The molecule has 0 aliphatic heterocycles. The normalized spacial score (nSPS) is 9.53. The minimum atomic E-state index is -0.237. The topological polar surface area (TPSA) is 0 Å². The maximum absolute atomic E-state index is 12.7. The van der Waals surface area contributed by atoms with E-state index in [9.17, 15) is 4.39 Å². The first kappa shape index (κ1) is 12.2. The van der Waals surface area contributed by atoms with Gasteiger partial charge in [0, 0.05) is 0 Å². The Morgan fingerprint density at radius 3 is 2.24 bits per heavy atom. The van der Waals surface area contributed by atoms with Gasteiger partial charge in [-0.3, -0.25) is 0 Å². The van der Waals surface area contributed by atoms with Crippen LogP contribution in [0.25, 0.3) is 0 Å². The molecule has 0 nitrogen and oxygen atoms in total. The third kappa shape index (κ3) is 3.91. The molecule has 0 unspecified atom stereocenters. The zero-order valence-electron chi connectivity index (χ0n) is 8.78. The predicted molar refractivity (Wildman–Crippen MR) is 70.1 cm³/mol. The molecule has 0 atom stereocenters. The summed E-state index contributed by atoms with van der Waals surface area (Å²) in [5.74, 6) is 2.78. The van der Waals surface area contributed by atoms with Crippen molar-refractivity contribution in [3.05, 3.63) is 64.9 Å². The Morgan fingerprint density at radius 1 is 0.941 bits per heavy atom. The molecule has 0 N–H and O–H groups in total. The van der Waals surface area contributed by atoms with E-state index in [-0.39, 0.29) is 20.8 Å². The van der Waals surface area contributed by atoms with Crippen LogP contribution in [0.5, 0.6) is 0 Å². The van der Waals surface area contributed by atoms with Crippen LogP contribution in [0.3, 0.4) is 0 Å². The van der Waals surface area contributed by atoms with Gasteiger partial charge >= 0.3 is 111 Å². The van der Waals surface area contributed by atoms with Crippen LogP contribution in [0, 0.1) is 16.6 Å². The van der Waals surface area contributed by atoms with Crippen molar-refractivity contribution in [3.8, 4) is 10.7 Å². The van der Waals surface area contributed by atoms with Crippen LogP contribution >= 0.6 is 11.6 Å². The molecule has 0 radical (unpaired) electrons. The Morgan fingerprint density at radius 2 is 1.59 bits per heavy atom. The van der Waals surface area contributed by atoms with E-state index in [1.807, 2.05) is 24.3 Å². The van der Waals surface area contributed by atoms with E-state index in [0.29, 0.717) is 0 Å². The summed E-state index contributed by atoms with van der Waals surface area (Å²) in [7, 11) is 0. The molecule has 0 aliphatic rings. The van der Waals surface area contributed by atoms with E-state index < -0.39 is 0 Å². The van der Waals surface area contributed by atoms with Gasteiger partial charge in [-0.25, -0.2) is 0 Å². The molecule has 0 bridgehead atoms. The molecule has 0 heterocycles. The van der Waals surface area contributed by atoms with Crippen LogP contribution in [-0.4, -0.2) is 15.0 Å². The zero-order valence-corrected chi connectivity index (χ0v) is 11.3. The molecule has 3 heteroatoms. The molecule has 0 amide bonds. The molecule has 17 heavy (non-hydrogen) atoms. The number of benzene rings is 2. The first-order chi connectivity index (χ1) is 8.24. The molecular weight excluding hydrogens is 302 g/mol. The molecule has 84 valence electrons. The van der Waals surface area contributed by atoms with Crippen LogP contribution in [0.1, 0.15) is 5.56 Å². The molecule has 2 aromatic rings. The Balaban J connectivity index is 2.03. The third-order valence-corrected chi connectivity index (χ3v) is 3.77. The second-order valence-electron chi connectivity index (χ2n) is 3.29. The van der Waals surface area contributed by atoms with Crippen molar-refractivity contribution in [2.24, 2.45) is 0 Å². The van der Waals surface area contributed by atoms with Crippen LogP contribution in [-0.2, 0) is 0 Å². The van der Waals surface area contributed by atoms with Gasteiger partial charge in [0.2, 0.25) is 0 Å². The summed E-state index contributed by atoms with van der Waals surface area (Å²) in [4.78, 5) is 3.10.